The maximum atomic E-state index is 12.5. The highest BCUT2D eigenvalue weighted by Crippen LogP contribution is 2.37. The van der Waals surface area contributed by atoms with Crippen molar-refractivity contribution >= 4 is 39.0 Å². The van der Waals surface area contributed by atoms with E-state index in [2.05, 4.69) is 15.0 Å². The van der Waals surface area contributed by atoms with Crippen molar-refractivity contribution in [3.63, 3.8) is 0 Å². The molecule has 0 atom stereocenters. The number of carbonyl (C=O) groups excluding carboxylic acids is 1. The summed E-state index contributed by atoms with van der Waals surface area (Å²) in [6.07, 6.45) is 7.42. The summed E-state index contributed by atoms with van der Waals surface area (Å²) in [6, 6.07) is 5.71. The fraction of sp³-hybridized carbons (Fsp3) is 0.333. The summed E-state index contributed by atoms with van der Waals surface area (Å²) in [6.45, 7) is 1.92. The number of imidazole rings is 1. The maximum absolute atomic E-state index is 12.5. The topological polar surface area (TPSA) is 95.4 Å². The minimum Gasteiger partial charge on any atom is -0.453 e. The van der Waals surface area contributed by atoms with E-state index < -0.39 is 5.97 Å². The standard InChI is InChI=1S/C21H21N5O2S/c1-12-6-5-9-17-23-14(10-26(12)17)21(27)28-11-16-24-19(22)18-13-7-3-2-4-8-15(13)29-20(18)25-16/h5-6,9-10H,2-4,7-8,11H2,1H3,(H2,22,24,25). The van der Waals surface area contributed by atoms with Gasteiger partial charge < -0.3 is 14.9 Å². The first-order valence-electron chi connectivity index (χ1n) is 9.78. The Hall–Kier alpha value is -3.00. The third-order valence-corrected chi connectivity index (χ3v) is 6.56. The first kappa shape index (κ1) is 18.1. The number of nitrogen functional groups attached to an aromatic ring is 1. The molecule has 8 heteroatoms. The van der Waals surface area contributed by atoms with Gasteiger partial charge in [0.05, 0.1) is 5.39 Å². The molecule has 2 N–H and O–H groups in total. The lowest BCUT2D eigenvalue weighted by Crippen LogP contribution is -2.09. The largest absolute Gasteiger partial charge is 0.453 e. The van der Waals surface area contributed by atoms with Crippen LogP contribution in [0, 0.1) is 6.92 Å². The molecule has 0 bridgehead atoms. The Morgan fingerprint density at radius 2 is 2.07 bits per heavy atom. The number of nitrogens with two attached hydrogens (primary N) is 1. The number of rotatable bonds is 3. The molecular weight excluding hydrogens is 386 g/mol. The number of hydrogen-bond acceptors (Lipinski definition) is 7. The van der Waals surface area contributed by atoms with Gasteiger partial charge in [0.1, 0.15) is 16.3 Å². The number of anilines is 1. The molecule has 4 heterocycles. The number of nitrogens with zero attached hydrogens (tertiary/aromatic N) is 4. The molecule has 0 radical (unpaired) electrons. The summed E-state index contributed by atoms with van der Waals surface area (Å²) in [5.41, 5.74) is 9.53. The van der Waals surface area contributed by atoms with E-state index in [4.69, 9.17) is 10.5 Å². The molecule has 148 valence electrons. The quantitative estimate of drug-likeness (QED) is 0.409. The van der Waals surface area contributed by atoms with Crippen molar-refractivity contribution in [2.45, 2.75) is 45.6 Å². The predicted molar refractivity (Wildman–Crippen MR) is 112 cm³/mol. The van der Waals surface area contributed by atoms with Crippen molar-refractivity contribution in [1.82, 2.24) is 19.4 Å². The van der Waals surface area contributed by atoms with E-state index in [1.165, 1.54) is 29.7 Å². The van der Waals surface area contributed by atoms with Crippen LogP contribution in [0.25, 0.3) is 15.9 Å². The molecule has 7 nitrogen and oxygen atoms in total. The number of hydrogen-bond donors (Lipinski definition) is 1. The van der Waals surface area contributed by atoms with Crippen LogP contribution in [0.1, 0.15) is 51.7 Å². The van der Waals surface area contributed by atoms with E-state index in [-0.39, 0.29) is 12.3 Å². The van der Waals surface area contributed by atoms with Crippen LogP contribution in [0.2, 0.25) is 0 Å². The molecule has 0 saturated carbocycles. The van der Waals surface area contributed by atoms with Crippen LogP contribution in [-0.4, -0.2) is 25.3 Å². The Balaban J connectivity index is 1.38. The number of esters is 1. The Morgan fingerprint density at radius 3 is 2.93 bits per heavy atom. The van der Waals surface area contributed by atoms with Crippen molar-refractivity contribution in [2.75, 3.05) is 5.73 Å². The number of aromatic nitrogens is 4. The molecule has 0 aliphatic heterocycles. The molecule has 1 aliphatic rings. The van der Waals surface area contributed by atoms with Crippen LogP contribution < -0.4 is 5.73 Å². The van der Waals surface area contributed by atoms with E-state index in [9.17, 15) is 4.79 Å². The Kier molecular flexibility index (Phi) is 4.43. The summed E-state index contributed by atoms with van der Waals surface area (Å²) in [5.74, 6) is 0.390. The van der Waals surface area contributed by atoms with E-state index in [1.807, 2.05) is 29.5 Å². The number of aryl methyl sites for hydroxylation is 3. The van der Waals surface area contributed by atoms with Crippen molar-refractivity contribution in [2.24, 2.45) is 0 Å². The second kappa shape index (κ2) is 7.11. The molecule has 0 fully saturated rings. The van der Waals surface area contributed by atoms with Crippen molar-refractivity contribution < 1.29 is 9.53 Å². The molecule has 29 heavy (non-hydrogen) atoms. The van der Waals surface area contributed by atoms with E-state index in [0.29, 0.717) is 17.3 Å². The third-order valence-electron chi connectivity index (χ3n) is 5.38. The maximum Gasteiger partial charge on any atom is 0.359 e. The summed E-state index contributed by atoms with van der Waals surface area (Å²) < 4.78 is 7.28. The molecule has 1 aliphatic carbocycles. The minimum atomic E-state index is -0.502. The second-order valence-electron chi connectivity index (χ2n) is 7.37. The van der Waals surface area contributed by atoms with Crippen LogP contribution in [0.3, 0.4) is 0 Å². The van der Waals surface area contributed by atoms with Gasteiger partial charge in [0.25, 0.3) is 0 Å². The fourth-order valence-corrected chi connectivity index (χ4v) is 5.21. The van der Waals surface area contributed by atoms with E-state index in [1.54, 1.807) is 17.5 Å². The molecule has 0 amide bonds. The molecule has 0 saturated heterocycles. The highest BCUT2D eigenvalue weighted by atomic mass is 32.1. The first-order valence-corrected chi connectivity index (χ1v) is 10.6. The zero-order valence-corrected chi connectivity index (χ0v) is 17.0. The SMILES string of the molecule is Cc1cccc2nc(C(=O)OCc3nc(N)c4c5c(sc4n3)CCCCC5)cn12. The third kappa shape index (κ3) is 3.23. The fourth-order valence-electron chi connectivity index (χ4n) is 3.92. The molecule has 4 aromatic heterocycles. The van der Waals surface area contributed by atoms with Gasteiger partial charge in [0.15, 0.2) is 18.1 Å². The smallest absolute Gasteiger partial charge is 0.359 e. The summed E-state index contributed by atoms with van der Waals surface area (Å²) in [7, 11) is 0. The summed E-state index contributed by atoms with van der Waals surface area (Å²) >= 11 is 1.69. The lowest BCUT2D eigenvalue weighted by atomic mass is 10.1. The molecule has 0 unspecified atom stereocenters. The number of ether oxygens (including phenoxy) is 1. The van der Waals surface area contributed by atoms with Crippen molar-refractivity contribution in [1.29, 1.82) is 0 Å². The zero-order chi connectivity index (χ0) is 20.0. The number of thiophene rings is 1. The lowest BCUT2D eigenvalue weighted by molar-refractivity contribution is 0.0456. The number of carbonyl (C=O) groups is 1. The normalized spacial score (nSPS) is 14.1. The van der Waals surface area contributed by atoms with Gasteiger partial charge in [-0.25, -0.2) is 19.7 Å². The van der Waals surface area contributed by atoms with Gasteiger partial charge in [-0.2, -0.15) is 0 Å². The second-order valence-corrected chi connectivity index (χ2v) is 8.45. The van der Waals surface area contributed by atoms with Gasteiger partial charge in [-0.3, -0.25) is 0 Å². The van der Waals surface area contributed by atoms with Gasteiger partial charge in [-0.1, -0.05) is 12.5 Å². The Labute approximate surface area is 171 Å². The van der Waals surface area contributed by atoms with Gasteiger partial charge in [0, 0.05) is 16.8 Å². The average Bonchev–Trinajstić information content (AvgIpc) is 3.22. The van der Waals surface area contributed by atoms with E-state index in [0.717, 1.165) is 28.8 Å². The number of fused-ring (bicyclic) bond motifs is 4. The molecule has 0 aromatic carbocycles. The van der Waals surface area contributed by atoms with Crippen LogP contribution in [0.4, 0.5) is 5.82 Å². The van der Waals surface area contributed by atoms with Gasteiger partial charge >= 0.3 is 5.97 Å². The van der Waals surface area contributed by atoms with Crippen LogP contribution in [0.15, 0.2) is 24.4 Å². The Bertz CT molecular complexity index is 1240. The zero-order valence-electron chi connectivity index (χ0n) is 16.1. The molecule has 4 aromatic rings. The summed E-state index contributed by atoms with van der Waals surface area (Å²) in [5, 5.41) is 0.984. The lowest BCUT2D eigenvalue weighted by Gasteiger charge is -2.05. The van der Waals surface area contributed by atoms with E-state index >= 15 is 0 Å². The van der Waals surface area contributed by atoms with Crippen molar-refractivity contribution in [3.8, 4) is 0 Å². The molecule has 0 spiro atoms. The average molecular weight is 407 g/mol. The van der Waals surface area contributed by atoms with Gasteiger partial charge in [0.2, 0.25) is 0 Å². The highest BCUT2D eigenvalue weighted by molar-refractivity contribution is 7.19. The van der Waals surface area contributed by atoms with Gasteiger partial charge in [-0.05, 0) is 50.3 Å². The van der Waals surface area contributed by atoms with Gasteiger partial charge in [-0.15, -0.1) is 11.3 Å². The summed E-state index contributed by atoms with van der Waals surface area (Å²) in [4.78, 5) is 28.1. The monoisotopic (exact) mass is 407 g/mol. The predicted octanol–water partition coefficient (Wildman–Crippen LogP) is 3.86. The Morgan fingerprint density at radius 1 is 1.21 bits per heavy atom. The minimum absolute atomic E-state index is 0.0333. The molecule has 5 rings (SSSR count). The highest BCUT2D eigenvalue weighted by Gasteiger charge is 2.20. The molecular formula is C21H21N5O2S. The van der Waals surface area contributed by atoms with Crippen molar-refractivity contribution in [3.05, 3.63) is 52.0 Å². The van der Waals surface area contributed by atoms with Crippen LogP contribution >= 0.6 is 11.3 Å². The number of pyridine rings is 1. The van der Waals surface area contributed by atoms with Crippen LogP contribution in [-0.2, 0) is 24.2 Å². The first-order chi connectivity index (χ1) is 14.1. The van der Waals surface area contributed by atoms with Crippen LogP contribution in [0.5, 0.6) is 0 Å².